The van der Waals surface area contributed by atoms with Crippen LogP contribution in [0.4, 0.5) is 8.78 Å². The molecule has 0 bridgehead atoms. The van der Waals surface area contributed by atoms with Crippen molar-refractivity contribution in [2.45, 2.75) is 25.0 Å². The second-order valence-corrected chi connectivity index (χ2v) is 5.56. The maximum Gasteiger partial charge on any atom is 0.142 e. The highest BCUT2D eigenvalue weighted by molar-refractivity contribution is 6.30. The maximum absolute atomic E-state index is 13.9. The van der Waals surface area contributed by atoms with Gasteiger partial charge in [-0.25, -0.2) is 8.78 Å². The number of benzene rings is 2. The van der Waals surface area contributed by atoms with Crippen molar-refractivity contribution in [2.24, 2.45) is 5.73 Å². The van der Waals surface area contributed by atoms with Gasteiger partial charge in [0.1, 0.15) is 17.4 Å². The highest BCUT2D eigenvalue weighted by Gasteiger charge is 2.24. The second-order valence-electron chi connectivity index (χ2n) is 5.16. The van der Waals surface area contributed by atoms with Gasteiger partial charge in [-0.2, -0.15) is 0 Å². The number of ether oxygens (including phenoxy) is 1. The Labute approximate surface area is 126 Å². The van der Waals surface area contributed by atoms with E-state index in [1.54, 1.807) is 18.2 Å². The van der Waals surface area contributed by atoms with E-state index < -0.39 is 17.7 Å². The first-order chi connectivity index (χ1) is 10.0. The summed E-state index contributed by atoms with van der Waals surface area (Å²) in [6.45, 7) is 0. The molecule has 2 aromatic carbocycles. The van der Waals surface area contributed by atoms with Crippen LogP contribution < -0.4 is 10.5 Å². The van der Waals surface area contributed by atoms with Crippen LogP contribution in [0, 0.1) is 11.6 Å². The van der Waals surface area contributed by atoms with E-state index in [0.29, 0.717) is 11.3 Å². The highest BCUT2D eigenvalue weighted by atomic mass is 35.5. The fourth-order valence-corrected chi connectivity index (χ4v) is 2.27. The number of nitrogens with two attached hydrogens (primary N) is 1. The van der Waals surface area contributed by atoms with E-state index in [4.69, 9.17) is 22.1 Å². The van der Waals surface area contributed by atoms with E-state index in [0.717, 1.165) is 25.0 Å². The molecule has 1 atom stereocenters. The molecule has 1 aliphatic carbocycles. The summed E-state index contributed by atoms with van der Waals surface area (Å²) in [6.07, 6.45) is 2.36. The first-order valence-electron chi connectivity index (χ1n) is 6.71. The number of hydrogen-bond acceptors (Lipinski definition) is 2. The molecule has 3 rings (SSSR count). The zero-order valence-corrected chi connectivity index (χ0v) is 11.9. The van der Waals surface area contributed by atoms with Crippen LogP contribution >= 0.6 is 11.6 Å². The minimum absolute atomic E-state index is 0.0699. The quantitative estimate of drug-likeness (QED) is 0.859. The lowest BCUT2D eigenvalue weighted by Crippen LogP contribution is -2.14. The summed E-state index contributed by atoms with van der Waals surface area (Å²) in [4.78, 5) is 0. The number of rotatable bonds is 4. The Balaban J connectivity index is 1.90. The smallest absolute Gasteiger partial charge is 0.142 e. The van der Waals surface area contributed by atoms with Gasteiger partial charge in [-0.3, -0.25) is 0 Å². The van der Waals surface area contributed by atoms with Gasteiger partial charge in [0.2, 0.25) is 0 Å². The van der Waals surface area contributed by atoms with Crippen LogP contribution in [-0.2, 0) is 0 Å². The molecule has 5 heteroatoms. The number of hydrogen-bond donors (Lipinski definition) is 1. The van der Waals surface area contributed by atoms with Gasteiger partial charge in [0.05, 0.1) is 17.2 Å². The summed E-state index contributed by atoms with van der Waals surface area (Å²) >= 11 is 5.55. The molecule has 1 saturated carbocycles. The SMILES string of the molecule is NC(c1cccc(OC2CC2)c1)c1cc(F)c(Cl)cc1F. The molecule has 0 amide bonds. The zero-order chi connectivity index (χ0) is 15.0. The van der Waals surface area contributed by atoms with Crippen molar-refractivity contribution in [1.29, 1.82) is 0 Å². The van der Waals surface area contributed by atoms with E-state index in [-0.39, 0.29) is 16.7 Å². The van der Waals surface area contributed by atoms with Gasteiger partial charge in [0.15, 0.2) is 0 Å². The van der Waals surface area contributed by atoms with E-state index in [9.17, 15) is 8.78 Å². The Bertz CT molecular complexity index is 673. The van der Waals surface area contributed by atoms with Crippen LogP contribution in [0.15, 0.2) is 36.4 Å². The maximum atomic E-state index is 13.9. The average Bonchev–Trinajstić information content (AvgIpc) is 3.26. The van der Waals surface area contributed by atoms with Crippen molar-refractivity contribution in [3.05, 3.63) is 64.2 Å². The van der Waals surface area contributed by atoms with E-state index >= 15 is 0 Å². The van der Waals surface area contributed by atoms with Gasteiger partial charge in [-0.15, -0.1) is 0 Å². The summed E-state index contributed by atoms with van der Waals surface area (Å²) in [6, 6.07) is 8.34. The standard InChI is InChI=1S/C16H14ClF2NO/c17-13-8-14(18)12(7-15(13)19)16(20)9-2-1-3-11(6-9)21-10-4-5-10/h1-3,6-8,10,16H,4-5,20H2. The van der Waals surface area contributed by atoms with Crippen LogP contribution in [0.1, 0.15) is 30.0 Å². The molecule has 2 aromatic rings. The molecular weight excluding hydrogens is 296 g/mol. The molecule has 110 valence electrons. The van der Waals surface area contributed by atoms with Gasteiger partial charge >= 0.3 is 0 Å². The third-order valence-electron chi connectivity index (χ3n) is 3.42. The molecule has 0 heterocycles. The highest BCUT2D eigenvalue weighted by Crippen LogP contribution is 2.31. The molecule has 1 aliphatic rings. The van der Waals surface area contributed by atoms with Gasteiger partial charge in [0, 0.05) is 5.56 Å². The molecule has 21 heavy (non-hydrogen) atoms. The van der Waals surface area contributed by atoms with Crippen LogP contribution in [-0.4, -0.2) is 6.10 Å². The Hall–Kier alpha value is -1.65. The van der Waals surface area contributed by atoms with Crippen molar-refractivity contribution >= 4 is 11.6 Å². The molecule has 2 N–H and O–H groups in total. The van der Waals surface area contributed by atoms with Crippen molar-refractivity contribution in [2.75, 3.05) is 0 Å². The minimum Gasteiger partial charge on any atom is -0.490 e. The summed E-state index contributed by atoms with van der Waals surface area (Å²) < 4.78 is 33.1. The van der Waals surface area contributed by atoms with Crippen molar-refractivity contribution in [1.82, 2.24) is 0 Å². The lowest BCUT2D eigenvalue weighted by molar-refractivity contribution is 0.303. The fraction of sp³-hybridized carbons (Fsp3) is 0.250. The molecule has 0 saturated heterocycles. The molecule has 1 unspecified atom stereocenters. The predicted octanol–water partition coefficient (Wildman–Crippen LogP) is 4.21. The third-order valence-corrected chi connectivity index (χ3v) is 3.71. The molecule has 0 aliphatic heterocycles. The van der Waals surface area contributed by atoms with Gasteiger partial charge in [-0.05, 0) is 42.7 Å². The minimum atomic E-state index is -0.778. The summed E-state index contributed by atoms with van der Waals surface area (Å²) in [5.41, 5.74) is 6.78. The van der Waals surface area contributed by atoms with Crippen LogP contribution in [0.25, 0.3) is 0 Å². The molecule has 2 nitrogen and oxygen atoms in total. The number of halogens is 3. The van der Waals surface area contributed by atoms with E-state index in [1.165, 1.54) is 0 Å². The van der Waals surface area contributed by atoms with Gasteiger partial charge in [0.25, 0.3) is 0 Å². The summed E-state index contributed by atoms with van der Waals surface area (Å²) in [7, 11) is 0. The first-order valence-corrected chi connectivity index (χ1v) is 7.09. The Morgan fingerprint density at radius 2 is 1.90 bits per heavy atom. The van der Waals surface area contributed by atoms with Crippen molar-refractivity contribution in [3.8, 4) is 5.75 Å². The Morgan fingerprint density at radius 3 is 2.62 bits per heavy atom. The summed E-state index contributed by atoms with van der Waals surface area (Å²) in [5, 5.41) is -0.255. The van der Waals surface area contributed by atoms with Crippen molar-refractivity contribution < 1.29 is 13.5 Å². The van der Waals surface area contributed by atoms with Gasteiger partial charge < -0.3 is 10.5 Å². The van der Waals surface area contributed by atoms with Crippen LogP contribution in [0.3, 0.4) is 0 Å². The Kier molecular flexibility index (Phi) is 3.83. The topological polar surface area (TPSA) is 35.2 Å². The molecule has 0 radical (unpaired) electrons. The van der Waals surface area contributed by atoms with E-state index in [2.05, 4.69) is 0 Å². The fourth-order valence-electron chi connectivity index (χ4n) is 2.12. The lowest BCUT2D eigenvalue weighted by atomic mass is 9.99. The summed E-state index contributed by atoms with van der Waals surface area (Å²) in [5.74, 6) is -0.614. The molecular formula is C16H14ClF2NO. The molecule has 0 aromatic heterocycles. The average molecular weight is 310 g/mol. The Morgan fingerprint density at radius 1 is 1.14 bits per heavy atom. The van der Waals surface area contributed by atoms with Crippen LogP contribution in [0.5, 0.6) is 5.75 Å². The lowest BCUT2D eigenvalue weighted by Gasteiger charge is -2.15. The normalized spacial score (nSPS) is 15.8. The first kappa shape index (κ1) is 14.3. The van der Waals surface area contributed by atoms with Crippen molar-refractivity contribution in [3.63, 3.8) is 0 Å². The predicted molar refractivity (Wildman–Crippen MR) is 77.5 cm³/mol. The third kappa shape index (κ3) is 3.17. The van der Waals surface area contributed by atoms with Gasteiger partial charge in [-0.1, -0.05) is 23.7 Å². The second kappa shape index (κ2) is 5.62. The molecule has 0 spiro atoms. The van der Waals surface area contributed by atoms with Crippen LogP contribution in [0.2, 0.25) is 5.02 Å². The largest absolute Gasteiger partial charge is 0.490 e. The molecule has 1 fully saturated rings. The monoisotopic (exact) mass is 309 g/mol. The zero-order valence-electron chi connectivity index (χ0n) is 11.2. The van der Waals surface area contributed by atoms with E-state index in [1.807, 2.05) is 6.07 Å².